The van der Waals surface area contributed by atoms with Crippen LogP contribution in [0.3, 0.4) is 0 Å². The van der Waals surface area contributed by atoms with Gasteiger partial charge in [0.25, 0.3) is 0 Å². The fraction of sp³-hybridized carbons (Fsp3) is 0.667. The van der Waals surface area contributed by atoms with E-state index in [0.717, 1.165) is 19.3 Å². The summed E-state index contributed by atoms with van der Waals surface area (Å²) in [6.45, 7) is 2.68. The van der Waals surface area contributed by atoms with E-state index in [-0.39, 0.29) is 0 Å². The molecule has 18 heavy (non-hydrogen) atoms. The van der Waals surface area contributed by atoms with Gasteiger partial charge in [-0.05, 0) is 34.7 Å². The zero-order chi connectivity index (χ0) is 13.2. The average Bonchev–Trinajstić information content (AvgIpc) is 2.31. The molecular formula is C12H19BrN4O. The third-order valence-corrected chi connectivity index (χ3v) is 4.25. The van der Waals surface area contributed by atoms with Crippen molar-refractivity contribution in [3.63, 3.8) is 0 Å². The molecule has 0 spiro atoms. The lowest BCUT2D eigenvalue weighted by molar-refractivity contribution is -0.000838. The summed E-state index contributed by atoms with van der Waals surface area (Å²) in [5.74, 6) is 1.61. The lowest BCUT2D eigenvalue weighted by Gasteiger charge is -2.35. The first-order chi connectivity index (χ1) is 8.50. The van der Waals surface area contributed by atoms with E-state index >= 15 is 0 Å². The van der Waals surface area contributed by atoms with Crippen molar-refractivity contribution in [1.82, 2.24) is 9.97 Å². The van der Waals surface area contributed by atoms with Gasteiger partial charge in [-0.15, -0.1) is 0 Å². The van der Waals surface area contributed by atoms with Gasteiger partial charge in [0.2, 0.25) is 0 Å². The molecule has 100 valence electrons. The number of nitrogens with two attached hydrogens (primary N) is 1. The molecule has 1 aromatic heterocycles. The Morgan fingerprint density at radius 2 is 2.39 bits per heavy atom. The third kappa shape index (κ3) is 3.11. The van der Waals surface area contributed by atoms with Crippen LogP contribution >= 0.6 is 15.9 Å². The molecule has 4 N–H and O–H groups in total. The van der Waals surface area contributed by atoms with Crippen LogP contribution in [0.1, 0.15) is 32.6 Å². The molecule has 2 unspecified atom stereocenters. The van der Waals surface area contributed by atoms with E-state index in [1.165, 1.54) is 12.7 Å². The summed E-state index contributed by atoms with van der Waals surface area (Å²) < 4.78 is 0.650. The summed E-state index contributed by atoms with van der Waals surface area (Å²) in [7, 11) is 0. The SMILES string of the molecule is CC1CCCC(O)(CNc2ncnc(N)c2Br)C1. The molecule has 1 fully saturated rings. The van der Waals surface area contributed by atoms with E-state index in [9.17, 15) is 5.11 Å². The predicted molar refractivity (Wildman–Crippen MR) is 75.2 cm³/mol. The van der Waals surface area contributed by atoms with Crippen molar-refractivity contribution in [1.29, 1.82) is 0 Å². The molecule has 0 aliphatic heterocycles. The molecule has 1 aliphatic rings. The number of nitrogens with one attached hydrogen (secondary N) is 1. The van der Waals surface area contributed by atoms with Gasteiger partial charge < -0.3 is 16.2 Å². The summed E-state index contributed by atoms with van der Waals surface area (Å²) in [6, 6.07) is 0. The average molecular weight is 315 g/mol. The Morgan fingerprint density at radius 1 is 1.61 bits per heavy atom. The predicted octanol–water partition coefficient (Wildman–Crippen LogP) is 2.17. The van der Waals surface area contributed by atoms with Gasteiger partial charge in [-0.3, -0.25) is 0 Å². The molecule has 0 radical (unpaired) electrons. The topological polar surface area (TPSA) is 84.1 Å². The molecule has 2 rings (SSSR count). The van der Waals surface area contributed by atoms with Crippen LogP contribution in [0, 0.1) is 5.92 Å². The number of halogens is 1. The minimum atomic E-state index is -0.642. The van der Waals surface area contributed by atoms with Crippen LogP contribution in [-0.4, -0.2) is 27.2 Å². The van der Waals surface area contributed by atoms with Crippen LogP contribution in [0.5, 0.6) is 0 Å². The van der Waals surface area contributed by atoms with Gasteiger partial charge in [0.15, 0.2) is 0 Å². The largest absolute Gasteiger partial charge is 0.388 e. The fourth-order valence-corrected chi connectivity index (χ4v) is 2.89. The maximum absolute atomic E-state index is 10.5. The third-order valence-electron chi connectivity index (χ3n) is 3.47. The number of aromatic nitrogens is 2. The zero-order valence-corrected chi connectivity index (χ0v) is 12.1. The van der Waals surface area contributed by atoms with Crippen molar-refractivity contribution in [3.05, 3.63) is 10.8 Å². The first-order valence-corrected chi connectivity index (χ1v) is 7.02. The van der Waals surface area contributed by atoms with E-state index in [0.29, 0.717) is 28.6 Å². The normalized spacial score (nSPS) is 28.1. The Labute approximate surface area is 115 Å². The van der Waals surface area contributed by atoms with Crippen LogP contribution in [-0.2, 0) is 0 Å². The fourth-order valence-electron chi connectivity index (χ4n) is 2.55. The van der Waals surface area contributed by atoms with Crippen molar-refractivity contribution < 1.29 is 5.11 Å². The van der Waals surface area contributed by atoms with Crippen molar-refractivity contribution in [2.75, 3.05) is 17.6 Å². The second kappa shape index (κ2) is 5.40. The molecule has 6 heteroatoms. The van der Waals surface area contributed by atoms with E-state index in [2.05, 4.69) is 38.1 Å². The van der Waals surface area contributed by atoms with E-state index in [4.69, 9.17) is 5.73 Å². The molecule has 2 atom stereocenters. The van der Waals surface area contributed by atoms with Gasteiger partial charge in [0.05, 0.1) is 5.60 Å². The second-order valence-corrected chi connectivity index (χ2v) is 5.99. The molecule has 0 aromatic carbocycles. The van der Waals surface area contributed by atoms with Crippen LogP contribution in [0.15, 0.2) is 10.8 Å². The molecule has 1 aliphatic carbocycles. The molecule has 1 saturated carbocycles. The zero-order valence-electron chi connectivity index (χ0n) is 10.5. The highest BCUT2D eigenvalue weighted by Crippen LogP contribution is 2.33. The highest BCUT2D eigenvalue weighted by molar-refractivity contribution is 9.10. The summed E-state index contributed by atoms with van der Waals surface area (Å²) in [5, 5.41) is 13.7. The molecular weight excluding hydrogens is 296 g/mol. The van der Waals surface area contributed by atoms with Gasteiger partial charge >= 0.3 is 0 Å². The van der Waals surface area contributed by atoms with E-state index in [1.807, 2.05) is 0 Å². The maximum atomic E-state index is 10.5. The standard InChI is InChI=1S/C12H19BrN4O/c1-8-3-2-4-12(18,5-8)6-15-11-9(13)10(14)16-7-17-11/h7-8,18H,2-6H2,1H3,(H3,14,15,16,17). The highest BCUT2D eigenvalue weighted by atomic mass is 79.9. The number of aliphatic hydroxyl groups is 1. The number of nitrogen functional groups attached to an aromatic ring is 1. The molecule has 1 heterocycles. The maximum Gasteiger partial charge on any atom is 0.146 e. The lowest BCUT2D eigenvalue weighted by atomic mass is 9.79. The Bertz CT molecular complexity index is 429. The first kappa shape index (κ1) is 13.5. The van der Waals surface area contributed by atoms with Crippen molar-refractivity contribution in [3.8, 4) is 0 Å². The number of nitrogens with zero attached hydrogens (tertiary/aromatic N) is 2. The molecule has 5 nitrogen and oxygen atoms in total. The minimum Gasteiger partial charge on any atom is -0.388 e. The summed E-state index contributed by atoms with van der Waals surface area (Å²) >= 11 is 3.34. The smallest absolute Gasteiger partial charge is 0.146 e. The van der Waals surface area contributed by atoms with E-state index < -0.39 is 5.60 Å². The first-order valence-electron chi connectivity index (χ1n) is 6.22. The van der Waals surface area contributed by atoms with Crippen LogP contribution in [0.2, 0.25) is 0 Å². The van der Waals surface area contributed by atoms with Crippen LogP contribution in [0.4, 0.5) is 11.6 Å². The number of hydrogen-bond acceptors (Lipinski definition) is 5. The minimum absolute atomic E-state index is 0.400. The highest BCUT2D eigenvalue weighted by Gasteiger charge is 2.32. The van der Waals surface area contributed by atoms with Crippen LogP contribution < -0.4 is 11.1 Å². The second-order valence-electron chi connectivity index (χ2n) is 5.20. The summed E-state index contributed by atoms with van der Waals surface area (Å²) in [6.07, 6.45) is 5.36. The van der Waals surface area contributed by atoms with Gasteiger partial charge in [-0.25, -0.2) is 9.97 Å². The monoisotopic (exact) mass is 314 g/mol. The van der Waals surface area contributed by atoms with Gasteiger partial charge in [0, 0.05) is 6.54 Å². The lowest BCUT2D eigenvalue weighted by Crippen LogP contribution is -2.41. The van der Waals surface area contributed by atoms with E-state index in [1.54, 1.807) is 0 Å². The van der Waals surface area contributed by atoms with Crippen molar-refractivity contribution in [2.24, 2.45) is 5.92 Å². The number of hydrogen-bond donors (Lipinski definition) is 3. The quantitative estimate of drug-likeness (QED) is 0.796. The summed E-state index contributed by atoms with van der Waals surface area (Å²) in [5.41, 5.74) is 5.04. The molecule has 1 aromatic rings. The van der Waals surface area contributed by atoms with Crippen molar-refractivity contribution >= 4 is 27.6 Å². The Morgan fingerprint density at radius 3 is 3.11 bits per heavy atom. The Hall–Kier alpha value is -0.880. The molecule has 0 amide bonds. The van der Waals surface area contributed by atoms with Gasteiger partial charge in [0.1, 0.15) is 22.4 Å². The molecule has 0 bridgehead atoms. The summed E-state index contributed by atoms with van der Waals surface area (Å²) in [4.78, 5) is 7.99. The Kier molecular flexibility index (Phi) is 4.07. The number of rotatable bonds is 3. The molecule has 0 saturated heterocycles. The van der Waals surface area contributed by atoms with Crippen LogP contribution in [0.25, 0.3) is 0 Å². The Balaban J connectivity index is 2.00. The van der Waals surface area contributed by atoms with Crippen molar-refractivity contribution in [2.45, 2.75) is 38.2 Å². The number of anilines is 2. The van der Waals surface area contributed by atoms with Gasteiger partial charge in [-0.2, -0.15) is 0 Å². The van der Waals surface area contributed by atoms with Gasteiger partial charge in [-0.1, -0.05) is 19.8 Å².